The SMILES string of the molecule is O=C(O[C@H](c1ccccc1)[C@H](NC(=O)c1ccc([N+](=O)[O-])cc1[N+](=O)[O-])c1ccccc1)c1ccccc1. The van der Waals surface area contributed by atoms with Crippen LogP contribution in [0.5, 0.6) is 0 Å². The molecular formula is C28H21N3O7. The molecule has 0 aliphatic heterocycles. The Kier molecular flexibility index (Phi) is 7.83. The summed E-state index contributed by atoms with van der Waals surface area (Å²) in [6.07, 6.45) is -1.02. The molecule has 0 aromatic heterocycles. The Morgan fingerprint density at radius 3 is 1.82 bits per heavy atom. The first kappa shape index (κ1) is 25.7. The topological polar surface area (TPSA) is 142 Å². The first-order chi connectivity index (χ1) is 18.3. The molecule has 0 bridgehead atoms. The number of carbonyl (C=O) groups excluding carboxylic acids is 2. The minimum absolute atomic E-state index is 0.303. The molecule has 4 aromatic rings. The molecule has 0 saturated heterocycles. The Morgan fingerprint density at radius 2 is 1.26 bits per heavy atom. The van der Waals surface area contributed by atoms with Gasteiger partial charge in [0.2, 0.25) is 0 Å². The van der Waals surface area contributed by atoms with Gasteiger partial charge in [0.1, 0.15) is 5.56 Å². The van der Waals surface area contributed by atoms with Crippen LogP contribution >= 0.6 is 0 Å². The van der Waals surface area contributed by atoms with Crippen LogP contribution in [-0.4, -0.2) is 21.7 Å². The summed E-state index contributed by atoms with van der Waals surface area (Å²) < 4.78 is 5.93. The number of nitrogens with one attached hydrogen (secondary N) is 1. The zero-order chi connectivity index (χ0) is 27.1. The lowest BCUT2D eigenvalue weighted by atomic mass is 9.94. The van der Waals surface area contributed by atoms with Crippen molar-refractivity contribution in [2.45, 2.75) is 12.1 Å². The summed E-state index contributed by atoms with van der Waals surface area (Å²) in [7, 11) is 0. The molecule has 38 heavy (non-hydrogen) atoms. The van der Waals surface area contributed by atoms with E-state index < -0.39 is 45.2 Å². The van der Waals surface area contributed by atoms with E-state index in [1.807, 2.05) is 0 Å². The summed E-state index contributed by atoms with van der Waals surface area (Å²) in [5.74, 6) is -1.49. The van der Waals surface area contributed by atoms with E-state index >= 15 is 0 Å². The van der Waals surface area contributed by atoms with Crippen LogP contribution in [0, 0.1) is 20.2 Å². The molecule has 2 atom stereocenters. The van der Waals surface area contributed by atoms with Gasteiger partial charge in [0, 0.05) is 6.07 Å². The van der Waals surface area contributed by atoms with Crippen molar-refractivity contribution >= 4 is 23.3 Å². The highest BCUT2D eigenvalue weighted by molar-refractivity contribution is 5.99. The average Bonchev–Trinajstić information content (AvgIpc) is 2.95. The summed E-state index contributed by atoms with van der Waals surface area (Å²) in [5.41, 5.74) is -0.169. The average molecular weight is 511 g/mol. The Hall–Kier alpha value is -5.38. The normalized spacial score (nSPS) is 12.1. The number of esters is 1. The highest BCUT2D eigenvalue weighted by Gasteiger charge is 2.33. The number of non-ortho nitro benzene ring substituents is 1. The van der Waals surface area contributed by atoms with E-state index in [0.717, 1.165) is 18.2 Å². The van der Waals surface area contributed by atoms with E-state index in [4.69, 9.17) is 4.74 Å². The molecule has 4 aromatic carbocycles. The van der Waals surface area contributed by atoms with Gasteiger partial charge < -0.3 is 10.1 Å². The third-order valence-electron chi connectivity index (χ3n) is 5.75. The quantitative estimate of drug-likeness (QED) is 0.176. The van der Waals surface area contributed by atoms with Gasteiger partial charge in [0.25, 0.3) is 17.3 Å². The largest absolute Gasteiger partial charge is 0.451 e. The lowest BCUT2D eigenvalue weighted by Gasteiger charge is -2.29. The standard InChI is InChI=1S/C28H21N3O7/c32-27(23-17-16-22(30(34)35)18-24(23)31(36)37)29-25(19-10-4-1-5-11-19)26(20-12-6-2-7-13-20)38-28(33)21-14-8-3-9-15-21/h1-18,25-26H,(H,29,32)/t25-,26-/m1/s1. The Bertz CT molecular complexity index is 1460. The number of hydrogen-bond donors (Lipinski definition) is 1. The summed E-state index contributed by atoms with van der Waals surface area (Å²) in [6, 6.07) is 27.6. The summed E-state index contributed by atoms with van der Waals surface area (Å²) >= 11 is 0. The lowest BCUT2D eigenvalue weighted by Crippen LogP contribution is -2.35. The van der Waals surface area contributed by atoms with Gasteiger partial charge in [-0.15, -0.1) is 0 Å². The van der Waals surface area contributed by atoms with Gasteiger partial charge >= 0.3 is 5.97 Å². The molecule has 190 valence electrons. The second kappa shape index (κ2) is 11.6. The van der Waals surface area contributed by atoms with Crippen LogP contribution in [0.3, 0.4) is 0 Å². The van der Waals surface area contributed by atoms with Crippen molar-refractivity contribution < 1.29 is 24.2 Å². The fraction of sp³-hybridized carbons (Fsp3) is 0.0714. The maximum Gasteiger partial charge on any atom is 0.338 e. The number of rotatable bonds is 9. The third-order valence-corrected chi connectivity index (χ3v) is 5.75. The predicted molar refractivity (Wildman–Crippen MR) is 137 cm³/mol. The van der Waals surface area contributed by atoms with Crippen molar-refractivity contribution in [2.75, 3.05) is 0 Å². The van der Waals surface area contributed by atoms with Crippen LogP contribution in [0.15, 0.2) is 109 Å². The zero-order valence-corrected chi connectivity index (χ0v) is 19.8. The van der Waals surface area contributed by atoms with Crippen molar-refractivity contribution in [1.29, 1.82) is 0 Å². The molecular weight excluding hydrogens is 490 g/mol. The third kappa shape index (κ3) is 5.88. The lowest BCUT2D eigenvalue weighted by molar-refractivity contribution is -0.394. The maximum absolute atomic E-state index is 13.4. The van der Waals surface area contributed by atoms with Crippen LogP contribution in [0.25, 0.3) is 0 Å². The molecule has 0 radical (unpaired) electrons. The summed E-state index contributed by atoms with van der Waals surface area (Å²) in [6.45, 7) is 0. The fourth-order valence-electron chi connectivity index (χ4n) is 3.92. The van der Waals surface area contributed by atoms with Crippen molar-refractivity contribution in [2.24, 2.45) is 0 Å². The Balaban J connectivity index is 1.77. The second-order valence-electron chi connectivity index (χ2n) is 8.18. The van der Waals surface area contributed by atoms with Gasteiger partial charge in [-0.25, -0.2) is 4.79 Å². The molecule has 0 fully saturated rings. The number of ether oxygens (including phenoxy) is 1. The smallest absolute Gasteiger partial charge is 0.338 e. The van der Waals surface area contributed by atoms with Crippen molar-refractivity contribution in [1.82, 2.24) is 5.32 Å². The van der Waals surface area contributed by atoms with E-state index in [2.05, 4.69) is 5.32 Å². The van der Waals surface area contributed by atoms with Crippen molar-refractivity contribution in [3.63, 3.8) is 0 Å². The molecule has 1 N–H and O–H groups in total. The van der Waals surface area contributed by atoms with E-state index in [9.17, 15) is 29.8 Å². The van der Waals surface area contributed by atoms with E-state index in [1.54, 1.807) is 91.0 Å². The first-order valence-corrected chi connectivity index (χ1v) is 11.4. The number of nitro benzene ring substituents is 2. The van der Waals surface area contributed by atoms with Gasteiger partial charge in [-0.2, -0.15) is 0 Å². The van der Waals surface area contributed by atoms with Crippen LogP contribution in [-0.2, 0) is 4.74 Å². The minimum Gasteiger partial charge on any atom is -0.451 e. The van der Waals surface area contributed by atoms with Crippen LogP contribution in [0.2, 0.25) is 0 Å². The van der Waals surface area contributed by atoms with Crippen molar-refractivity contribution in [3.05, 3.63) is 152 Å². The second-order valence-corrected chi connectivity index (χ2v) is 8.18. The van der Waals surface area contributed by atoms with Gasteiger partial charge in [0.15, 0.2) is 6.10 Å². The maximum atomic E-state index is 13.4. The molecule has 10 heteroatoms. The van der Waals surface area contributed by atoms with E-state index in [-0.39, 0.29) is 5.56 Å². The van der Waals surface area contributed by atoms with E-state index in [1.165, 1.54) is 0 Å². The zero-order valence-electron chi connectivity index (χ0n) is 19.8. The highest BCUT2D eigenvalue weighted by Crippen LogP contribution is 2.34. The number of nitro groups is 2. The summed E-state index contributed by atoms with van der Waals surface area (Å²) in [4.78, 5) is 47.6. The molecule has 10 nitrogen and oxygen atoms in total. The molecule has 0 unspecified atom stereocenters. The molecule has 0 spiro atoms. The number of carbonyl (C=O) groups is 2. The first-order valence-electron chi connectivity index (χ1n) is 11.4. The Labute approximate surface area is 216 Å². The number of benzene rings is 4. The molecule has 0 aliphatic rings. The monoisotopic (exact) mass is 511 g/mol. The molecule has 0 saturated carbocycles. The van der Waals surface area contributed by atoms with Gasteiger partial charge in [-0.1, -0.05) is 78.9 Å². The number of hydrogen-bond acceptors (Lipinski definition) is 7. The predicted octanol–water partition coefficient (Wildman–Crippen LogP) is 5.57. The van der Waals surface area contributed by atoms with Gasteiger partial charge in [0.05, 0.1) is 27.5 Å². The molecule has 0 aliphatic carbocycles. The Morgan fingerprint density at radius 1 is 0.711 bits per heavy atom. The molecule has 0 heterocycles. The summed E-state index contributed by atoms with van der Waals surface area (Å²) in [5, 5.41) is 25.5. The molecule has 1 amide bonds. The van der Waals surface area contributed by atoms with Gasteiger partial charge in [-0.3, -0.25) is 25.0 Å². The number of nitrogens with zero attached hydrogens (tertiary/aromatic N) is 2. The van der Waals surface area contributed by atoms with Crippen molar-refractivity contribution in [3.8, 4) is 0 Å². The van der Waals surface area contributed by atoms with Crippen LogP contribution < -0.4 is 5.32 Å². The number of amides is 1. The van der Waals surface area contributed by atoms with E-state index in [0.29, 0.717) is 16.7 Å². The fourth-order valence-corrected chi connectivity index (χ4v) is 3.92. The molecule has 4 rings (SSSR count). The van der Waals surface area contributed by atoms with Crippen LogP contribution in [0.4, 0.5) is 11.4 Å². The minimum atomic E-state index is -1.02. The highest BCUT2D eigenvalue weighted by atomic mass is 16.6. The van der Waals surface area contributed by atoms with Crippen LogP contribution in [0.1, 0.15) is 44.0 Å². The van der Waals surface area contributed by atoms with Gasteiger partial charge in [-0.05, 0) is 29.3 Å².